The zero-order valence-electron chi connectivity index (χ0n) is 20.5. The lowest BCUT2D eigenvalue weighted by Gasteiger charge is -2.41. The number of pyridine rings is 1. The van der Waals surface area contributed by atoms with E-state index in [1.54, 1.807) is 25.3 Å². The van der Waals surface area contributed by atoms with Gasteiger partial charge in [-0.2, -0.15) is 11.8 Å². The number of ether oxygens (including phenoxy) is 1. The van der Waals surface area contributed by atoms with Crippen LogP contribution in [0, 0.1) is 5.41 Å². The molecule has 35 heavy (non-hydrogen) atoms. The minimum absolute atomic E-state index is 0.0863. The highest BCUT2D eigenvalue weighted by atomic mass is 35.5. The molecule has 1 saturated heterocycles. The van der Waals surface area contributed by atoms with Gasteiger partial charge in [0.25, 0.3) is 0 Å². The first-order valence-electron chi connectivity index (χ1n) is 12.7. The topological polar surface area (TPSA) is 62.7 Å². The number of aromatic nitrogens is 1. The van der Waals surface area contributed by atoms with Gasteiger partial charge in [0.05, 0.1) is 24.1 Å². The van der Waals surface area contributed by atoms with Crippen LogP contribution in [0.1, 0.15) is 69.5 Å². The van der Waals surface area contributed by atoms with Crippen LogP contribution in [0.3, 0.4) is 0 Å². The molecule has 1 aromatic carbocycles. The van der Waals surface area contributed by atoms with Crippen molar-refractivity contribution >= 4 is 40.2 Å². The first-order valence-corrected chi connectivity index (χ1v) is 14.1. The summed E-state index contributed by atoms with van der Waals surface area (Å²) in [6, 6.07) is 5.36. The highest BCUT2D eigenvalue weighted by Gasteiger charge is 2.37. The van der Waals surface area contributed by atoms with Gasteiger partial charge in [0.1, 0.15) is 11.9 Å². The molecule has 1 aliphatic heterocycles. The summed E-state index contributed by atoms with van der Waals surface area (Å²) < 4.78 is 21.0. The van der Waals surface area contributed by atoms with E-state index in [4.69, 9.17) is 16.3 Å². The summed E-state index contributed by atoms with van der Waals surface area (Å²) in [4.78, 5) is 18.5. The molecular weight excluding hydrogens is 487 g/mol. The number of hydrogen-bond acceptors (Lipinski definition) is 5. The van der Waals surface area contributed by atoms with Crippen LogP contribution in [0.5, 0.6) is 5.75 Å². The summed E-state index contributed by atoms with van der Waals surface area (Å²) in [6.07, 6.45) is 8.04. The van der Waals surface area contributed by atoms with Crippen molar-refractivity contribution in [2.75, 3.05) is 32.5 Å². The van der Waals surface area contributed by atoms with E-state index in [1.165, 1.54) is 31.9 Å². The number of alkyl halides is 1. The normalized spacial score (nSPS) is 19.7. The summed E-state index contributed by atoms with van der Waals surface area (Å²) in [6.45, 7) is 2.81. The molecule has 1 unspecified atom stereocenters. The smallest absolute Gasteiger partial charge is 0.303 e. The molecule has 5 nitrogen and oxygen atoms in total. The Morgan fingerprint density at radius 3 is 2.77 bits per heavy atom. The fraction of sp³-hybridized carbons (Fsp3) is 0.630. The lowest BCUT2D eigenvalue weighted by molar-refractivity contribution is -0.141. The summed E-state index contributed by atoms with van der Waals surface area (Å²) >= 11 is 8.50. The van der Waals surface area contributed by atoms with Gasteiger partial charge < -0.3 is 14.7 Å². The van der Waals surface area contributed by atoms with E-state index in [0.29, 0.717) is 33.7 Å². The number of methoxy groups -OCH3 is 1. The molecule has 2 aliphatic rings. The van der Waals surface area contributed by atoms with Crippen molar-refractivity contribution in [2.45, 2.75) is 69.2 Å². The second-order valence-corrected chi connectivity index (χ2v) is 11.9. The van der Waals surface area contributed by atoms with Gasteiger partial charge in [0.15, 0.2) is 0 Å². The van der Waals surface area contributed by atoms with Crippen molar-refractivity contribution in [3.63, 3.8) is 0 Å². The quantitative estimate of drug-likeness (QED) is 0.345. The average molecular weight is 523 g/mol. The number of hydrogen-bond donors (Lipinski definition) is 1. The molecule has 1 aromatic heterocycles. The third-order valence-electron chi connectivity index (χ3n) is 7.82. The molecule has 2 aromatic rings. The molecule has 2 heterocycles. The minimum atomic E-state index is -1.30. The summed E-state index contributed by atoms with van der Waals surface area (Å²) in [5.74, 6) is 0.957. The molecule has 1 N–H and O–H groups in total. The Morgan fingerprint density at radius 1 is 1.34 bits per heavy atom. The van der Waals surface area contributed by atoms with Crippen LogP contribution in [0.25, 0.3) is 10.9 Å². The van der Waals surface area contributed by atoms with Crippen molar-refractivity contribution in [1.82, 2.24) is 9.88 Å². The molecule has 0 amide bonds. The zero-order valence-corrected chi connectivity index (χ0v) is 22.1. The second kappa shape index (κ2) is 12.1. The number of benzene rings is 1. The molecule has 1 atom stereocenters. The monoisotopic (exact) mass is 522 g/mol. The summed E-state index contributed by atoms with van der Waals surface area (Å²) in [7, 11) is 1.57. The summed E-state index contributed by atoms with van der Waals surface area (Å²) in [5.41, 5.74) is 0.706. The third kappa shape index (κ3) is 6.80. The van der Waals surface area contributed by atoms with Crippen LogP contribution in [-0.2, 0) is 4.79 Å². The van der Waals surface area contributed by atoms with Gasteiger partial charge in [0, 0.05) is 34.7 Å². The number of carbonyl (C=O) groups is 1. The fourth-order valence-electron chi connectivity index (χ4n) is 5.68. The Morgan fingerprint density at radius 2 is 2.09 bits per heavy atom. The minimum Gasteiger partial charge on any atom is -0.497 e. The van der Waals surface area contributed by atoms with Crippen LogP contribution in [-0.4, -0.2) is 58.7 Å². The van der Waals surface area contributed by atoms with Crippen LogP contribution < -0.4 is 4.74 Å². The zero-order chi connectivity index (χ0) is 24.8. The van der Waals surface area contributed by atoms with Crippen molar-refractivity contribution in [2.24, 2.45) is 5.41 Å². The molecule has 4 rings (SSSR count). The molecular formula is C27H36ClFN2O3S. The van der Waals surface area contributed by atoms with Gasteiger partial charge in [-0.15, -0.1) is 0 Å². The van der Waals surface area contributed by atoms with Crippen LogP contribution in [0.15, 0.2) is 24.4 Å². The van der Waals surface area contributed by atoms with Crippen LogP contribution >= 0.6 is 23.4 Å². The Labute approximate surface area is 216 Å². The van der Waals surface area contributed by atoms with E-state index in [9.17, 15) is 9.90 Å². The van der Waals surface area contributed by atoms with E-state index in [0.717, 1.165) is 43.5 Å². The third-order valence-corrected chi connectivity index (χ3v) is 9.48. The lowest BCUT2D eigenvalue weighted by Crippen LogP contribution is -2.42. The molecule has 1 saturated carbocycles. The molecule has 2 fully saturated rings. The van der Waals surface area contributed by atoms with Gasteiger partial charge in [-0.25, -0.2) is 4.39 Å². The van der Waals surface area contributed by atoms with Crippen LogP contribution in [0.4, 0.5) is 4.39 Å². The maximum Gasteiger partial charge on any atom is 0.303 e. The van der Waals surface area contributed by atoms with E-state index >= 15 is 4.39 Å². The maximum absolute atomic E-state index is 15.7. The number of rotatable bonds is 11. The number of nitrogens with zero attached hydrogens (tertiary/aromatic N) is 2. The fourth-order valence-corrected chi connectivity index (χ4v) is 7.31. The summed E-state index contributed by atoms with van der Waals surface area (Å²) in [5, 5.41) is 11.4. The molecule has 192 valence electrons. The predicted molar refractivity (Wildman–Crippen MR) is 141 cm³/mol. The van der Waals surface area contributed by atoms with Gasteiger partial charge in [-0.1, -0.05) is 24.4 Å². The number of piperidine rings is 1. The highest BCUT2D eigenvalue weighted by molar-refractivity contribution is 7.99. The number of aliphatic carboxylic acids is 1. The van der Waals surface area contributed by atoms with E-state index in [-0.39, 0.29) is 18.3 Å². The van der Waals surface area contributed by atoms with E-state index in [1.807, 2.05) is 0 Å². The number of carboxylic acid groups (broad SMARTS) is 1. The van der Waals surface area contributed by atoms with Gasteiger partial charge in [-0.3, -0.25) is 9.78 Å². The second-order valence-electron chi connectivity index (χ2n) is 10.1. The Balaban J connectivity index is 1.39. The van der Waals surface area contributed by atoms with Crippen molar-refractivity contribution in [3.05, 3.63) is 35.0 Å². The number of carboxylic acids is 1. The number of fused-ring (bicyclic) bond motifs is 1. The maximum atomic E-state index is 15.7. The molecule has 0 bridgehead atoms. The molecule has 0 spiro atoms. The number of thioether (sulfide) groups is 1. The SMILES string of the molecule is COc1ccc2ncc(Cl)c(C(F)CCC3(CC(=O)O)CCN(CCSC4CCCC4)CC3)c2c1. The first kappa shape index (κ1) is 26.5. The first-order chi connectivity index (χ1) is 16.9. The van der Waals surface area contributed by atoms with Gasteiger partial charge >= 0.3 is 5.97 Å². The molecule has 0 radical (unpaired) electrons. The largest absolute Gasteiger partial charge is 0.497 e. The van der Waals surface area contributed by atoms with Crippen molar-refractivity contribution in [1.29, 1.82) is 0 Å². The molecule has 1 aliphatic carbocycles. The number of halogens is 2. The van der Waals surface area contributed by atoms with E-state index in [2.05, 4.69) is 21.6 Å². The lowest BCUT2D eigenvalue weighted by atomic mass is 9.71. The van der Waals surface area contributed by atoms with E-state index < -0.39 is 12.1 Å². The van der Waals surface area contributed by atoms with Gasteiger partial charge in [0.2, 0.25) is 0 Å². The van der Waals surface area contributed by atoms with Crippen molar-refractivity contribution in [3.8, 4) is 5.75 Å². The Hall–Kier alpha value is -1.57. The standard InChI is InChI=1S/C27H36ClFN2O3S/c1-34-19-6-7-24-21(16-19)26(22(28)18-30-24)23(29)8-9-27(17-25(32)33)10-12-31(13-11-27)14-15-35-20-4-2-3-5-20/h6-7,16,18,20,23H,2-5,8-15,17H2,1H3,(H,32,33). The predicted octanol–water partition coefficient (Wildman–Crippen LogP) is 6.92. The van der Waals surface area contributed by atoms with Crippen LogP contribution in [0.2, 0.25) is 5.02 Å². The van der Waals surface area contributed by atoms with Gasteiger partial charge in [-0.05, 0) is 75.2 Å². The molecule has 8 heteroatoms. The average Bonchev–Trinajstić information content (AvgIpc) is 3.36. The highest BCUT2D eigenvalue weighted by Crippen LogP contribution is 2.44. The number of likely N-dealkylation sites (tertiary alicyclic amines) is 1. The Kier molecular flexibility index (Phi) is 9.17. The van der Waals surface area contributed by atoms with Crippen molar-refractivity contribution < 1.29 is 19.0 Å². The Bertz CT molecular complexity index is 1010.